The molecule has 2 aromatic rings. The third kappa shape index (κ3) is 1.79. The van der Waals surface area contributed by atoms with E-state index < -0.39 is 5.97 Å². The molecule has 7 heteroatoms. The molecule has 0 atom stereocenters. The summed E-state index contributed by atoms with van der Waals surface area (Å²) in [6.07, 6.45) is 0. The van der Waals surface area contributed by atoms with Crippen LogP contribution in [0.3, 0.4) is 0 Å². The van der Waals surface area contributed by atoms with Crippen LogP contribution in [0.2, 0.25) is 0 Å². The van der Waals surface area contributed by atoms with E-state index in [1.807, 2.05) is 0 Å². The van der Waals surface area contributed by atoms with E-state index in [1.165, 1.54) is 0 Å². The van der Waals surface area contributed by atoms with Crippen LogP contribution in [-0.2, 0) is 4.74 Å². The van der Waals surface area contributed by atoms with Gasteiger partial charge in [-0.15, -0.1) is 5.10 Å². The van der Waals surface area contributed by atoms with Gasteiger partial charge in [0, 0.05) is 6.07 Å². The third-order valence-electron chi connectivity index (χ3n) is 1.89. The predicted molar refractivity (Wildman–Crippen MR) is 52.6 cm³/mol. The summed E-state index contributed by atoms with van der Waals surface area (Å²) in [5.41, 5.74) is 0.889. The highest BCUT2D eigenvalue weighted by Crippen LogP contribution is 2.19. The second kappa shape index (κ2) is 4.13. The van der Waals surface area contributed by atoms with Gasteiger partial charge in [0.1, 0.15) is 17.1 Å². The van der Waals surface area contributed by atoms with Gasteiger partial charge in [-0.2, -0.15) is 10.3 Å². The minimum absolute atomic E-state index is 0.107. The monoisotopic (exact) mass is 222 g/mol. The summed E-state index contributed by atoms with van der Waals surface area (Å²) in [5.74, 6) is 0.0970. The zero-order valence-electron chi connectivity index (χ0n) is 8.85. The second-order valence-corrected chi connectivity index (χ2v) is 3.06. The van der Waals surface area contributed by atoms with Crippen LogP contribution in [0.1, 0.15) is 23.2 Å². The van der Waals surface area contributed by atoms with Crippen LogP contribution in [0.5, 0.6) is 0 Å². The lowest BCUT2D eigenvalue weighted by Crippen LogP contribution is -2.06. The number of ether oxygens (including phenoxy) is 1. The fourth-order valence-corrected chi connectivity index (χ4v) is 1.23. The minimum Gasteiger partial charge on any atom is -0.461 e. The van der Waals surface area contributed by atoms with Crippen molar-refractivity contribution in [1.29, 1.82) is 0 Å². The van der Waals surface area contributed by atoms with Crippen LogP contribution in [0.25, 0.3) is 11.4 Å². The number of aryl methyl sites for hydroxylation is 1. The summed E-state index contributed by atoms with van der Waals surface area (Å²) >= 11 is 0. The summed E-state index contributed by atoms with van der Waals surface area (Å²) < 4.78 is 9.73. The van der Waals surface area contributed by atoms with Crippen LogP contribution < -0.4 is 0 Å². The number of esters is 1. The van der Waals surface area contributed by atoms with Gasteiger partial charge in [-0.25, -0.2) is 4.79 Å². The molecule has 0 saturated heterocycles. The summed E-state index contributed by atoms with van der Waals surface area (Å²) in [7, 11) is 0. The molecular formula is C9H10N4O3. The number of nitrogens with zero attached hydrogens (tertiary/aromatic N) is 3. The minimum atomic E-state index is -0.535. The van der Waals surface area contributed by atoms with Crippen LogP contribution in [0.4, 0.5) is 0 Å². The van der Waals surface area contributed by atoms with E-state index in [9.17, 15) is 4.79 Å². The molecule has 2 aromatic heterocycles. The molecule has 0 aromatic carbocycles. The maximum Gasteiger partial charge on any atom is 0.361 e. The number of hydrogen-bond acceptors (Lipinski definition) is 6. The number of aromatic amines is 1. The van der Waals surface area contributed by atoms with Crippen molar-refractivity contribution < 1.29 is 14.1 Å². The Kier molecular flexibility index (Phi) is 2.67. The van der Waals surface area contributed by atoms with Crippen molar-refractivity contribution in [2.45, 2.75) is 13.8 Å². The fraction of sp³-hybridized carbons (Fsp3) is 0.333. The third-order valence-corrected chi connectivity index (χ3v) is 1.89. The highest BCUT2D eigenvalue weighted by Gasteiger charge is 2.21. The predicted octanol–water partition coefficient (Wildman–Crippen LogP) is 0.945. The van der Waals surface area contributed by atoms with Crippen molar-refractivity contribution in [2.75, 3.05) is 6.61 Å². The molecule has 0 aliphatic carbocycles. The van der Waals surface area contributed by atoms with Gasteiger partial charge in [-0.3, -0.25) is 0 Å². The first-order valence-electron chi connectivity index (χ1n) is 4.74. The molecule has 0 aliphatic heterocycles. The Balaban J connectivity index is 2.36. The van der Waals surface area contributed by atoms with Gasteiger partial charge in [0.2, 0.25) is 0 Å². The van der Waals surface area contributed by atoms with Gasteiger partial charge in [-0.1, -0.05) is 5.16 Å². The number of hydrogen-bond donors (Lipinski definition) is 1. The molecule has 2 rings (SSSR count). The first-order chi connectivity index (χ1) is 7.72. The molecule has 16 heavy (non-hydrogen) atoms. The summed E-state index contributed by atoms with van der Waals surface area (Å²) in [5, 5.41) is 13.7. The van der Waals surface area contributed by atoms with Gasteiger partial charge in [0.15, 0.2) is 5.69 Å². The van der Waals surface area contributed by atoms with E-state index in [4.69, 9.17) is 9.26 Å². The number of aromatic nitrogens is 4. The quantitative estimate of drug-likeness (QED) is 0.777. The summed E-state index contributed by atoms with van der Waals surface area (Å²) in [6.45, 7) is 3.75. The summed E-state index contributed by atoms with van der Waals surface area (Å²) in [6, 6.07) is 1.67. The van der Waals surface area contributed by atoms with Crippen LogP contribution in [0, 0.1) is 6.92 Å². The van der Waals surface area contributed by atoms with Gasteiger partial charge >= 0.3 is 5.97 Å². The van der Waals surface area contributed by atoms with Crippen molar-refractivity contribution in [3.05, 3.63) is 17.5 Å². The fourth-order valence-electron chi connectivity index (χ4n) is 1.23. The van der Waals surface area contributed by atoms with Crippen LogP contribution >= 0.6 is 0 Å². The molecule has 0 saturated carbocycles. The highest BCUT2D eigenvalue weighted by atomic mass is 16.5. The van der Waals surface area contributed by atoms with Gasteiger partial charge in [0.25, 0.3) is 0 Å². The number of carbonyl (C=O) groups excluding carboxylic acids is 1. The van der Waals surface area contributed by atoms with Crippen LogP contribution in [-0.4, -0.2) is 33.1 Å². The number of nitrogens with one attached hydrogen (secondary N) is 1. The zero-order valence-corrected chi connectivity index (χ0v) is 8.85. The molecule has 0 spiro atoms. The Hall–Kier alpha value is -2.18. The zero-order chi connectivity index (χ0) is 11.5. The van der Waals surface area contributed by atoms with E-state index >= 15 is 0 Å². The van der Waals surface area contributed by atoms with Crippen molar-refractivity contribution in [3.63, 3.8) is 0 Å². The van der Waals surface area contributed by atoms with E-state index in [2.05, 4.69) is 20.6 Å². The Morgan fingerprint density at radius 3 is 3.00 bits per heavy atom. The maximum atomic E-state index is 11.5. The van der Waals surface area contributed by atoms with E-state index in [0.29, 0.717) is 17.1 Å². The Bertz CT molecular complexity index is 502. The second-order valence-electron chi connectivity index (χ2n) is 3.06. The van der Waals surface area contributed by atoms with Gasteiger partial charge < -0.3 is 9.26 Å². The molecule has 1 N–H and O–H groups in total. The molecule has 7 nitrogen and oxygen atoms in total. The van der Waals surface area contributed by atoms with Crippen molar-refractivity contribution in [2.24, 2.45) is 0 Å². The number of H-pyrrole nitrogens is 1. The average molecular weight is 222 g/mol. The lowest BCUT2D eigenvalue weighted by molar-refractivity contribution is 0.0520. The molecule has 2 heterocycles. The van der Waals surface area contributed by atoms with Crippen molar-refractivity contribution in [1.82, 2.24) is 20.6 Å². The first-order valence-corrected chi connectivity index (χ1v) is 4.74. The highest BCUT2D eigenvalue weighted by molar-refractivity contribution is 5.93. The Morgan fingerprint density at radius 2 is 2.38 bits per heavy atom. The molecular weight excluding hydrogens is 212 g/mol. The molecule has 84 valence electrons. The Labute approximate surface area is 90.8 Å². The average Bonchev–Trinajstić information content (AvgIpc) is 2.85. The molecule has 0 aliphatic rings. The van der Waals surface area contributed by atoms with Crippen molar-refractivity contribution >= 4 is 5.97 Å². The molecule has 0 unspecified atom stereocenters. The molecule has 0 radical (unpaired) electrons. The largest absolute Gasteiger partial charge is 0.461 e. The van der Waals surface area contributed by atoms with E-state index in [-0.39, 0.29) is 12.3 Å². The molecule has 0 amide bonds. The van der Waals surface area contributed by atoms with Crippen molar-refractivity contribution in [3.8, 4) is 11.4 Å². The summed E-state index contributed by atoms with van der Waals surface area (Å²) in [4.78, 5) is 11.5. The SMILES string of the molecule is CCOC(=O)c1n[nH]nc1-c1cc(C)on1. The number of carbonyl (C=O) groups is 1. The molecule has 0 bridgehead atoms. The van der Waals surface area contributed by atoms with Gasteiger partial charge in [-0.05, 0) is 13.8 Å². The topological polar surface area (TPSA) is 93.9 Å². The van der Waals surface area contributed by atoms with Crippen LogP contribution in [0.15, 0.2) is 10.6 Å². The van der Waals surface area contributed by atoms with Gasteiger partial charge in [0.05, 0.1) is 6.61 Å². The smallest absolute Gasteiger partial charge is 0.361 e. The number of rotatable bonds is 3. The first kappa shape index (κ1) is 10.3. The van der Waals surface area contributed by atoms with E-state index in [0.717, 1.165) is 0 Å². The maximum absolute atomic E-state index is 11.5. The lowest BCUT2D eigenvalue weighted by Gasteiger charge is -1.97. The normalized spacial score (nSPS) is 10.4. The molecule has 0 fully saturated rings. The van der Waals surface area contributed by atoms with E-state index in [1.54, 1.807) is 19.9 Å². The Morgan fingerprint density at radius 1 is 1.56 bits per heavy atom. The lowest BCUT2D eigenvalue weighted by atomic mass is 10.2. The standard InChI is InChI=1S/C9H10N4O3/c1-3-15-9(14)8-7(10-13-11-8)6-4-5(2)16-12-6/h4H,3H2,1-2H3,(H,10,11,13).